The van der Waals surface area contributed by atoms with Gasteiger partial charge in [0.25, 0.3) is 5.91 Å². The zero-order chi connectivity index (χ0) is 23.3. The van der Waals surface area contributed by atoms with Gasteiger partial charge >= 0.3 is 18.2 Å². The van der Waals surface area contributed by atoms with Gasteiger partial charge < -0.3 is 20.3 Å². The van der Waals surface area contributed by atoms with Crippen LogP contribution < -0.4 is 10.6 Å². The first-order valence-corrected chi connectivity index (χ1v) is 9.83. The van der Waals surface area contributed by atoms with Crippen molar-refractivity contribution >= 4 is 23.6 Å². The van der Waals surface area contributed by atoms with E-state index in [-0.39, 0.29) is 18.5 Å². The molecule has 7 nitrogen and oxygen atoms in total. The number of nitrogens with zero attached hydrogens (tertiary/aromatic N) is 1. The Labute approximate surface area is 182 Å². The van der Waals surface area contributed by atoms with Crippen LogP contribution in [0.5, 0.6) is 0 Å². The Balaban J connectivity index is 1.43. The van der Waals surface area contributed by atoms with Crippen LogP contribution in [-0.4, -0.2) is 49.6 Å². The topological polar surface area (TPSA) is 87.7 Å². The van der Waals surface area contributed by atoms with Crippen molar-refractivity contribution in [2.75, 3.05) is 32.1 Å². The normalized spacial score (nSPS) is 13.8. The number of halogens is 3. The highest BCUT2D eigenvalue weighted by Gasteiger charge is 2.32. The minimum atomic E-state index is -4.35. The van der Waals surface area contributed by atoms with Crippen molar-refractivity contribution in [2.45, 2.75) is 12.6 Å². The molecule has 0 saturated carbocycles. The molecule has 0 atom stereocenters. The lowest BCUT2D eigenvalue weighted by Crippen LogP contribution is -2.52. The van der Waals surface area contributed by atoms with Gasteiger partial charge in [-0.2, -0.15) is 13.2 Å². The number of hydrogen-bond donors (Lipinski definition) is 2. The zero-order valence-corrected chi connectivity index (χ0v) is 17.2. The highest BCUT2D eigenvalue weighted by molar-refractivity contribution is 5.97. The zero-order valence-electron chi connectivity index (χ0n) is 17.2. The Morgan fingerprint density at radius 2 is 1.66 bits per heavy atom. The molecular weight excluding hydrogens is 427 g/mol. The van der Waals surface area contributed by atoms with Crippen LogP contribution in [0.4, 0.5) is 23.7 Å². The summed E-state index contributed by atoms with van der Waals surface area (Å²) in [7, 11) is 1.22. The lowest BCUT2D eigenvalue weighted by Gasteiger charge is -2.39. The number of methoxy groups -OCH3 is 1. The summed E-state index contributed by atoms with van der Waals surface area (Å²) in [6.45, 7) is 0.762. The molecule has 2 N–H and O–H groups in total. The summed E-state index contributed by atoms with van der Waals surface area (Å²) >= 11 is 0. The van der Waals surface area contributed by atoms with Gasteiger partial charge in [-0.25, -0.2) is 4.79 Å². The maximum absolute atomic E-state index is 12.6. The molecule has 0 spiro atoms. The van der Waals surface area contributed by atoms with Gasteiger partial charge in [-0.1, -0.05) is 12.1 Å². The number of amides is 3. The summed E-state index contributed by atoms with van der Waals surface area (Å²) in [4.78, 5) is 37.0. The van der Waals surface area contributed by atoms with Crippen molar-refractivity contribution in [3.05, 3.63) is 65.2 Å². The Morgan fingerprint density at radius 1 is 1.03 bits per heavy atom. The molecule has 32 heavy (non-hydrogen) atoms. The number of ether oxygens (including phenoxy) is 1. The Kier molecular flexibility index (Phi) is 7.01. The second-order valence-corrected chi connectivity index (χ2v) is 7.44. The third-order valence-electron chi connectivity index (χ3n) is 5.07. The summed E-state index contributed by atoms with van der Waals surface area (Å²) < 4.78 is 42.3. The van der Waals surface area contributed by atoms with Gasteiger partial charge in [0, 0.05) is 24.3 Å². The third-order valence-corrected chi connectivity index (χ3v) is 5.07. The van der Waals surface area contributed by atoms with E-state index in [1.807, 2.05) is 0 Å². The van der Waals surface area contributed by atoms with Crippen LogP contribution in [0.15, 0.2) is 48.5 Å². The molecule has 2 aromatic rings. The van der Waals surface area contributed by atoms with E-state index in [1.54, 1.807) is 17.0 Å². The van der Waals surface area contributed by atoms with Crippen molar-refractivity contribution < 1.29 is 32.3 Å². The van der Waals surface area contributed by atoms with E-state index in [1.165, 1.54) is 31.4 Å². The van der Waals surface area contributed by atoms with Crippen molar-refractivity contribution in [2.24, 2.45) is 5.92 Å². The molecular formula is C22H22F3N3O4. The summed E-state index contributed by atoms with van der Waals surface area (Å²) in [5, 5.41) is 5.15. The fraction of sp³-hybridized carbons (Fsp3) is 0.318. The second-order valence-electron chi connectivity index (χ2n) is 7.44. The first-order chi connectivity index (χ1) is 15.2. The van der Waals surface area contributed by atoms with E-state index >= 15 is 0 Å². The van der Waals surface area contributed by atoms with Crippen LogP contribution in [0.2, 0.25) is 0 Å². The summed E-state index contributed by atoms with van der Waals surface area (Å²) in [6, 6.07) is 11.0. The fourth-order valence-corrected chi connectivity index (χ4v) is 3.26. The number of likely N-dealkylation sites (tertiary alicyclic amines) is 1. The number of hydrogen-bond acceptors (Lipinski definition) is 4. The van der Waals surface area contributed by atoms with Crippen LogP contribution in [0.1, 0.15) is 21.5 Å². The number of urea groups is 1. The lowest BCUT2D eigenvalue weighted by atomic mass is 9.92. The molecule has 1 saturated heterocycles. The Morgan fingerprint density at radius 3 is 2.22 bits per heavy atom. The van der Waals surface area contributed by atoms with E-state index in [2.05, 4.69) is 15.4 Å². The van der Waals surface area contributed by atoms with Crippen LogP contribution in [-0.2, 0) is 22.1 Å². The first-order valence-electron chi connectivity index (χ1n) is 9.83. The predicted molar refractivity (Wildman–Crippen MR) is 110 cm³/mol. The average molecular weight is 449 g/mol. The number of esters is 1. The molecule has 0 aromatic heterocycles. The first kappa shape index (κ1) is 23.1. The molecule has 170 valence electrons. The molecule has 3 rings (SSSR count). The number of benzene rings is 2. The van der Waals surface area contributed by atoms with Crippen LogP contribution in [0.25, 0.3) is 0 Å². The van der Waals surface area contributed by atoms with Crippen molar-refractivity contribution in [3.63, 3.8) is 0 Å². The second kappa shape index (κ2) is 9.71. The van der Waals surface area contributed by atoms with E-state index in [9.17, 15) is 27.6 Å². The number of carbonyl (C=O) groups is 3. The van der Waals surface area contributed by atoms with Gasteiger partial charge in [-0.05, 0) is 54.3 Å². The van der Waals surface area contributed by atoms with E-state index < -0.39 is 23.6 Å². The molecule has 0 unspecified atom stereocenters. The maximum atomic E-state index is 12.6. The van der Waals surface area contributed by atoms with E-state index in [4.69, 9.17) is 0 Å². The molecule has 1 aliphatic rings. The lowest BCUT2D eigenvalue weighted by molar-refractivity contribution is -0.139. The predicted octanol–water partition coefficient (Wildman–Crippen LogP) is 3.31. The molecule has 0 aliphatic carbocycles. The van der Waals surface area contributed by atoms with Gasteiger partial charge in [-0.3, -0.25) is 9.59 Å². The van der Waals surface area contributed by atoms with Crippen molar-refractivity contribution in [1.29, 1.82) is 0 Å². The fourth-order valence-electron chi connectivity index (χ4n) is 3.26. The van der Waals surface area contributed by atoms with Gasteiger partial charge in [0.2, 0.25) is 0 Å². The van der Waals surface area contributed by atoms with Crippen molar-refractivity contribution in [1.82, 2.24) is 10.2 Å². The highest BCUT2D eigenvalue weighted by atomic mass is 19.4. The largest absolute Gasteiger partial charge is 0.468 e. The van der Waals surface area contributed by atoms with Crippen LogP contribution in [0, 0.1) is 5.92 Å². The van der Waals surface area contributed by atoms with Gasteiger partial charge in [0.05, 0.1) is 12.7 Å². The van der Waals surface area contributed by atoms with E-state index in [0.717, 1.165) is 17.7 Å². The van der Waals surface area contributed by atoms with Gasteiger partial charge in [0.1, 0.15) is 6.54 Å². The molecule has 10 heteroatoms. The number of nitrogens with one attached hydrogen (secondary N) is 2. The molecule has 1 fully saturated rings. The van der Waals surface area contributed by atoms with Crippen LogP contribution >= 0.6 is 0 Å². The third kappa shape index (κ3) is 5.99. The number of anilines is 1. The molecule has 2 aromatic carbocycles. The Bertz CT molecular complexity index is 969. The highest BCUT2D eigenvalue weighted by Crippen LogP contribution is 2.30. The number of rotatable bonds is 6. The minimum Gasteiger partial charge on any atom is -0.468 e. The Hall–Kier alpha value is -3.56. The molecule has 0 radical (unpaired) electrons. The molecule has 1 aliphatic heterocycles. The summed E-state index contributed by atoms with van der Waals surface area (Å²) in [5.41, 5.74) is 0.949. The van der Waals surface area contributed by atoms with Crippen LogP contribution in [0.3, 0.4) is 0 Å². The summed E-state index contributed by atoms with van der Waals surface area (Å²) in [6.07, 6.45) is -3.76. The minimum absolute atomic E-state index is 0.179. The smallest absolute Gasteiger partial charge is 0.416 e. The molecule has 0 bridgehead atoms. The number of alkyl halides is 3. The molecule has 3 amide bonds. The molecule has 1 heterocycles. The number of carbonyl (C=O) groups excluding carboxylic acids is 3. The standard InChI is InChI=1S/C22H22F3N3O4/c1-32-19(29)11-26-20(30)16-4-8-18(9-5-16)27-21(31)28-12-15(13-28)10-14-2-6-17(7-3-14)22(23,24)25/h2-9,15H,10-13H2,1H3,(H,26,30)(H,27,31). The summed E-state index contributed by atoms with van der Waals surface area (Å²) in [5.74, 6) is -0.825. The van der Waals surface area contributed by atoms with Crippen molar-refractivity contribution in [3.8, 4) is 0 Å². The monoisotopic (exact) mass is 449 g/mol. The van der Waals surface area contributed by atoms with Gasteiger partial charge in [0.15, 0.2) is 0 Å². The SMILES string of the molecule is COC(=O)CNC(=O)c1ccc(NC(=O)N2CC(Cc3ccc(C(F)(F)F)cc3)C2)cc1. The quantitative estimate of drug-likeness (QED) is 0.663. The van der Waals surface area contributed by atoms with E-state index in [0.29, 0.717) is 30.8 Å². The maximum Gasteiger partial charge on any atom is 0.416 e. The average Bonchev–Trinajstić information content (AvgIpc) is 2.74. The van der Waals surface area contributed by atoms with Gasteiger partial charge in [-0.15, -0.1) is 0 Å².